The number of piperidine rings is 1. The van der Waals surface area contributed by atoms with Crippen molar-refractivity contribution in [3.63, 3.8) is 0 Å². The maximum atomic E-state index is 13.6. The van der Waals surface area contributed by atoms with Crippen molar-refractivity contribution in [2.45, 2.75) is 19.4 Å². The second kappa shape index (κ2) is 7.85. The van der Waals surface area contributed by atoms with Crippen LogP contribution in [0.2, 0.25) is 0 Å². The summed E-state index contributed by atoms with van der Waals surface area (Å²) >= 11 is 0. The molecule has 138 valence electrons. The molecule has 26 heavy (non-hydrogen) atoms. The van der Waals surface area contributed by atoms with Gasteiger partial charge in [-0.25, -0.2) is 13.8 Å². The molecule has 1 aromatic carbocycles. The number of benzene rings is 1. The topological polar surface area (TPSA) is 118 Å². The molecule has 0 radical (unpaired) electrons. The van der Waals surface area contributed by atoms with Crippen molar-refractivity contribution in [1.29, 1.82) is 10.8 Å². The highest BCUT2D eigenvalue weighted by molar-refractivity contribution is 6.38. The lowest BCUT2D eigenvalue weighted by Crippen LogP contribution is -2.52. The van der Waals surface area contributed by atoms with Crippen LogP contribution in [0.3, 0.4) is 0 Å². The van der Waals surface area contributed by atoms with E-state index in [1.165, 1.54) is 17.0 Å². The minimum absolute atomic E-state index is 0.140. The van der Waals surface area contributed by atoms with Crippen molar-refractivity contribution in [3.05, 3.63) is 41.0 Å². The maximum absolute atomic E-state index is 13.6. The zero-order valence-corrected chi connectivity index (χ0v) is 14.4. The lowest BCUT2D eigenvalue weighted by molar-refractivity contribution is -0.125. The number of halogens is 2. The van der Waals surface area contributed by atoms with Crippen LogP contribution in [0, 0.1) is 22.5 Å². The molecule has 1 saturated heterocycles. The lowest BCUT2D eigenvalue weighted by atomic mass is 9.91. The molecule has 1 amide bonds. The van der Waals surface area contributed by atoms with Crippen molar-refractivity contribution in [2.75, 3.05) is 13.6 Å². The Morgan fingerprint density at radius 1 is 1.38 bits per heavy atom. The van der Waals surface area contributed by atoms with Crippen LogP contribution in [-0.4, -0.2) is 48.3 Å². The third kappa shape index (κ3) is 3.76. The fraction of sp³-hybridized carbons (Fsp3) is 0.294. The van der Waals surface area contributed by atoms with E-state index in [0.717, 1.165) is 6.07 Å². The predicted molar refractivity (Wildman–Crippen MR) is 96.3 cm³/mol. The molecule has 9 heteroatoms. The molecule has 2 rings (SSSR count). The Hall–Kier alpha value is -3.10. The minimum Gasteiger partial charge on any atom is -0.387 e. The van der Waals surface area contributed by atoms with Crippen LogP contribution in [-0.2, 0) is 4.79 Å². The van der Waals surface area contributed by atoms with E-state index in [4.69, 9.17) is 16.6 Å². The number of amidine groups is 1. The highest BCUT2D eigenvalue weighted by Crippen LogP contribution is 2.27. The van der Waals surface area contributed by atoms with Gasteiger partial charge < -0.3 is 21.4 Å². The van der Waals surface area contributed by atoms with E-state index in [1.807, 2.05) is 0 Å². The third-order valence-electron chi connectivity index (χ3n) is 4.20. The van der Waals surface area contributed by atoms with E-state index in [0.29, 0.717) is 29.6 Å². The molecule has 1 fully saturated rings. The van der Waals surface area contributed by atoms with E-state index < -0.39 is 23.6 Å². The van der Waals surface area contributed by atoms with Gasteiger partial charge in [0.2, 0.25) is 0 Å². The number of nitrogens with two attached hydrogens (primary N) is 1. The molecule has 1 aliphatic heterocycles. The number of carbonyl (C=O) groups is 1. The van der Waals surface area contributed by atoms with Gasteiger partial charge in [-0.3, -0.25) is 10.2 Å². The number of carbonyl (C=O) groups excluding carboxylic acids is 1. The van der Waals surface area contributed by atoms with Gasteiger partial charge in [-0.05, 0) is 25.5 Å². The molecule has 1 atom stereocenters. The summed E-state index contributed by atoms with van der Waals surface area (Å²) in [6, 6.07) is 2.55. The van der Waals surface area contributed by atoms with Gasteiger partial charge in [0.1, 0.15) is 18.0 Å². The molecular formula is C17H20F2N6O. The van der Waals surface area contributed by atoms with Crippen LogP contribution in [0.4, 0.5) is 8.78 Å². The summed E-state index contributed by atoms with van der Waals surface area (Å²) in [4.78, 5) is 17.1. The zero-order chi connectivity index (χ0) is 19.4. The largest absolute Gasteiger partial charge is 0.387 e. The fourth-order valence-corrected chi connectivity index (χ4v) is 2.95. The number of aliphatic imine (C=N–C) groups is 1. The first kappa shape index (κ1) is 19.2. The van der Waals surface area contributed by atoms with Crippen molar-refractivity contribution in [3.8, 4) is 0 Å². The fourth-order valence-electron chi connectivity index (χ4n) is 2.95. The summed E-state index contributed by atoms with van der Waals surface area (Å²) in [5.41, 5.74) is 6.98. The summed E-state index contributed by atoms with van der Waals surface area (Å²) in [6.07, 6.45) is 0.983. The zero-order valence-electron chi connectivity index (χ0n) is 14.4. The standard InChI is InChI=1S/C17H20F2N6O/c1-9-14(21)13(3-4-25(9)17(26)16(22)24-8-20)15(23-2)10-5-11(18)7-12(19)6-10/h5-9,21,23H,3-4H2,1-2H3,(H3,20,22,24)/b15-13-,21-14?. The van der Waals surface area contributed by atoms with Crippen molar-refractivity contribution < 1.29 is 13.6 Å². The van der Waals surface area contributed by atoms with Crippen molar-refractivity contribution in [1.82, 2.24) is 10.2 Å². The monoisotopic (exact) mass is 362 g/mol. The summed E-state index contributed by atoms with van der Waals surface area (Å²) in [5, 5.41) is 18.2. The first-order valence-corrected chi connectivity index (χ1v) is 7.89. The Morgan fingerprint density at radius 3 is 2.54 bits per heavy atom. The van der Waals surface area contributed by atoms with Crippen molar-refractivity contribution >= 4 is 29.5 Å². The van der Waals surface area contributed by atoms with E-state index >= 15 is 0 Å². The van der Waals surface area contributed by atoms with Gasteiger partial charge in [-0.15, -0.1) is 0 Å². The number of likely N-dealkylation sites (tertiary alicyclic amines) is 1. The van der Waals surface area contributed by atoms with Crippen LogP contribution in [0.5, 0.6) is 0 Å². The molecule has 0 aliphatic carbocycles. The minimum atomic E-state index is -0.712. The molecule has 0 bridgehead atoms. The first-order valence-electron chi connectivity index (χ1n) is 7.89. The molecule has 1 heterocycles. The Balaban J connectivity index is 2.39. The number of nitrogens with zero attached hydrogens (tertiary/aromatic N) is 2. The number of rotatable bonds is 3. The number of amides is 1. The molecule has 0 spiro atoms. The second-order valence-electron chi connectivity index (χ2n) is 5.74. The van der Waals surface area contributed by atoms with Gasteiger partial charge in [0.05, 0.1) is 11.8 Å². The molecule has 0 aromatic heterocycles. The average Bonchev–Trinajstić information content (AvgIpc) is 2.58. The highest BCUT2D eigenvalue weighted by Gasteiger charge is 2.33. The van der Waals surface area contributed by atoms with Crippen LogP contribution < -0.4 is 11.1 Å². The molecular weight excluding hydrogens is 342 g/mol. The van der Waals surface area contributed by atoms with Gasteiger partial charge in [0.15, 0.2) is 5.84 Å². The Bertz CT molecular complexity index is 797. The van der Waals surface area contributed by atoms with Gasteiger partial charge in [-0.1, -0.05) is 0 Å². The quantitative estimate of drug-likeness (QED) is 0.482. The van der Waals surface area contributed by atoms with Gasteiger partial charge in [0.25, 0.3) is 5.91 Å². The third-order valence-corrected chi connectivity index (χ3v) is 4.20. The normalized spacial score (nSPS) is 20.0. The van der Waals surface area contributed by atoms with E-state index in [1.54, 1.807) is 14.0 Å². The molecule has 1 aliphatic rings. The maximum Gasteiger partial charge on any atom is 0.289 e. The summed E-state index contributed by atoms with van der Waals surface area (Å²) in [7, 11) is 1.61. The number of hydrogen-bond acceptors (Lipinski definition) is 4. The molecule has 1 unspecified atom stereocenters. The summed E-state index contributed by atoms with van der Waals surface area (Å²) in [6.45, 7) is 1.92. The van der Waals surface area contributed by atoms with Crippen LogP contribution in [0.1, 0.15) is 18.9 Å². The van der Waals surface area contributed by atoms with Gasteiger partial charge in [0, 0.05) is 36.5 Å². The molecule has 0 saturated carbocycles. The number of nitrogens with one attached hydrogen (secondary N) is 3. The lowest BCUT2D eigenvalue weighted by Gasteiger charge is -2.36. The Kier molecular flexibility index (Phi) is 5.81. The van der Waals surface area contributed by atoms with Crippen LogP contribution in [0.25, 0.3) is 5.70 Å². The molecule has 7 nitrogen and oxygen atoms in total. The number of hydrogen-bond donors (Lipinski definition) is 4. The van der Waals surface area contributed by atoms with E-state index in [-0.39, 0.29) is 18.1 Å². The van der Waals surface area contributed by atoms with Gasteiger partial charge in [-0.2, -0.15) is 0 Å². The van der Waals surface area contributed by atoms with E-state index in [9.17, 15) is 13.6 Å². The van der Waals surface area contributed by atoms with Crippen molar-refractivity contribution in [2.24, 2.45) is 10.7 Å². The average molecular weight is 362 g/mol. The smallest absolute Gasteiger partial charge is 0.289 e. The van der Waals surface area contributed by atoms with Crippen LogP contribution >= 0.6 is 0 Å². The first-order chi connectivity index (χ1) is 12.3. The van der Waals surface area contributed by atoms with Gasteiger partial charge >= 0.3 is 0 Å². The molecule has 1 aromatic rings. The Morgan fingerprint density at radius 2 is 2.00 bits per heavy atom. The highest BCUT2D eigenvalue weighted by atomic mass is 19.1. The second-order valence-corrected chi connectivity index (χ2v) is 5.74. The Labute approximate surface area is 149 Å². The van der Waals surface area contributed by atoms with Crippen LogP contribution in [0.15, 0.2) is 28.8 Å². The summed E-state index contributed by atoms with van der Waals surface area (Å²) in [5.74, 6) is -2.31. The predicted octanol–water partition coefficient (Wildman–Crippen LogP) is 1.50. The summed E-state index contributed by atoms with van der Waals surface area (Å²) < 4.78 is 27.1. The molecule has 5 N–H and O–H groups in total. The SMILES string of the molecule is CN/C(=C1/CCN(C(=O)/C(N)=N/C=N)C(C)C1=N)c1cc(F)cc(F)c1. The van der Waals surface area contributed by atoms with E-state index in [2.05, 4.69) is 10.3 Å².